The summed E-state index contributed by atoms with van der Waals surface area (Å²) >= 11 is 5.11. The van der Waals surface area contributed by atoms with Crippen LogP contribution in [0.5, 0.6) is 0 Å². The van der Waals surface area contributed by atoms with Crippen molar-refractivity contribution in [3.63, 3.8) is 0 Å². The first-order valence-electron chi connectivity index (χ1n) is 7.56. The largest absolute Gasteiger partial charge is 0.395 e. The minimum Gasteiger partial charge on any atom is -0.395 e. The van der Waals surface area contributed by atoms with Crippen molar-refractivity contribution in [2.24, 2.45) is 23.2 Å². The molecular formula is C14H23N3O2S. The topological polar surface area (TPSA) is 73.4 Å². The molecule has 4 aliphatic carbocycles. The molecule has 0 spiro atoms. The number of carbonyl (C=O) groups is 1. The van der Waals surface area contributed by atoms with Gasteiger partial charge in [0.05, 0.1) is 12.0 Å². The van der Waals surface area contributed by atoms with Crippen LogP contribution in [0.1, 0.15) is 38.5 Å². The molecule has 4 fully saturated rings. The number of rotatable bonds is 4. The van der Waals surface area contributed by atoms with Crippen LogP contribution < -0.4 is 16.2 Å². The van der Waals surface area contributed by atoms with Gasteiger partial charge in [0.15, 0.2) is 5.11 Å². The highest BCUT2D eigenvalue weighted by molar-refractivity contribution is 7.80. The lowest BCUT2D eigenvalue weighted by molar-refractivity contribution is -0.144. The van der Waals surface area contributed by atoms with Crippen molar-refractivity contribution in [1.82, 2.24) is 16.2 Å². The number of aliphatic hydroxyl groups excluding tert-OH is 1. The van der Waals surface area contributed by atoms with Gasteiger partial charge in [-0.3, -0.25) is 10.2 Å². The Hall–Kier alpha value is -0.720. The highest BCUT2D eigenvalue weighted by Gasteiger charge is 2.54. The van der Waals surface area contributed by atoms with Gasteiger partial charge in [0.25, 0.3) is 0 Å². The van der Waals surface area contributed by atoms with E-state index >= 15 is 0 Å². The molecule has 4 saturated carbocycles. The molecule has 20 heavy (non-hydrogen) atoms. The van der Waals surface area contributed by atoms with Gasteiger partial charge in [-0.25, -0.2) is 5.43 Å². The summed E-state index contributed by atoms with van der Waals surface area (Å²) in [6.45, 7) is 0.423. The molecule has 0 atom stereocenters. The number of carbonyl (C=O) groups excluding carboxylic acids is 1. The molecular weight excluding hydrogens is 274 g/mol. The van der Waals surface area contributed by atoms with Gasteiger partial charge in [0, 0.05) is 6.54 Å². The van der Waals surface area contributed by atoms with Crippen LogP contribution in [0.25, 0.3) is 0 Å². The maximum absolute atomic E-state index is 12.6. The van der Waals surface area contributed by atoms with E-state index in [2.05, 4.69) is 16.2 Å². The van der Waals surface area contributed by atoms with Crippen molar-refractivity contribution in [3.8, 4) is 0 Å². The molecule has 6 heteroatoms. The Bertz CT molecular complexity index is 378. The van der Waals surface area contributed by atoms with Crippen molar-refractivity contribution in [1.29, 1.82) is 0 Å². The van der Waals surface area contributed by atoms with Crippen molar-refractivity contribution in [2.45, 2.75) is 38.5 Å². The van der Waals surface area contributed by atoms with Gasteiger partial charge in [-0.2, -0.15) is 0 Å². The van der Waals surface area contributed by atoms with Gasteiger partial charge in [-0.15, -0.1) is 0 Å². The third kappa shape index (κ3) is 2.69. The molecule has 0 saturated heterocycles. The van der Waals surface area contributed by atoms with Crippen LogP contribution >= 0.6 is 12.2 Å². The molecule has 112 valence electrons. The molecule has 1 amide bonds. The lowest BCUT2D eigenvalue weighted by atomic mass is 9.49. The molecule has 4 aliphatic rings. The van der Waals surface area contributed by atoms with Gasteiger partial charge in [-0.05, 0) is 68.5 Å². The van der Waals surface area contributed by atoms with Crippen LogP contribution in [0.2, 0.25) is 0 Å². The Kier molecular flexibility index (Phi) is 3.97. The standard InChI is InChI=1S/C14H23N3O2S/c18-2-1-15-17-13(20)16-12(19)14-6-9-3-10(7-14)5-11(4-9)8-14/h9-11,15,18H,1-8H2,(H2,16,17,19,20). The minimum atomic E-state index is -0.169. The highest BCUT2D eigenvalue weighted by Crippen LogP contribution is 2.60. The first-order chi connectivity index (χ1) is 9.61. The molecule has 0 aromatic rings. The van der Waals surface area contributed by atoms with Crippen molar-refractivity contribution in [2.75, 3.05) is 13.2 Å². The van der Waals surface area contributed by atoms with E-state index in [1.807, 2.05) is 0 Å². The van der Waals surface area contributed by atoms with Gasteiger partial charge >= 0.3 is 0 Å². The molecule has 5 nitrogen and oxygen atoms in total. The quantitative estimate of drug-likeness (QED) is 0.349. The maximum Gasteiger partial charge on any atom is 0.232 e. The molecule has 4 rings (SSSR count). The van der Waals surface area contributed by atoms with Crippen molar-refractivity contribution < 1.29 is 9.90 Å². The van der Waals surface area contributed by atoms with Gasteiger partial charge < -0.3 is 10.4 Å². The fourth-order valence-corrected chi connectivity index (χ4v) is 5.02. The van der Waals surface area contributed by atoms with E-state index in [0.717, 1.165) is 37.0 Å². The predicted octanol–water partition coefficient (Wildman–Crippen LogP) is 0.690. The Morgan fingerprint density at radius 1 is 1.15 bits per heavy atom. The van der Waals surface area contributed by atoms with Crippen molar-refractivity contribution in [3.05, 3.63) is 0 Å². The summed E-state index contributed by atoms with van der Waals surface area (Å²) in [6.07, 6.45) is 7.10. The fourth-order valence-electron chi connectivity index (χ4n) is 4.85. The number of amides is 1. The van der Waals surface area contributed by atoms with Crippen LogP contribution in [-0.2, 0) is 4.79 Å². The average molecular weight is 297 g/mol. The predicted molar refractivity (Wildman–Crippen MR) is 79.6 cm³/mol. The number of hydrogen-bond acceptors (Lipinski definition) is 4. The van der Waals surface area contributed by atoms with Gasteiger partial charge in [-0.1, -0.05) is 0 Å². The van der Waals surface area contributed by atoms with Gasteiger partial charge in [0.1, 0.15) is 0 Å². The molecule has 0 unspecified atom stereocenters. The second-order valence-electron chi connectivity index (χ2n) is 6.76. The minimum absolute atomic E-state index is 0.0263. The first-order valence-corrected chi connectivity index (χ1v) is 7.97. The van der Waals surface area contributed by atoms with Crippen LogP contribution in [0.3, 0.4) is 0 Å². The van der Waals surface area contributed by atoms with Crippen LogP contribution in [0, 0.1) is 23.2 Å². The summed E-state index contributed by atoms with van der Waals surface area (Å²) in [5.41, 5.74) is 5.32. The first kappa shape index (κ1) is 14.2. The van der Waals surface area contributed by atoms with E-state index in [-0.39, 0.29) is 17.9 Å². The van der Waals surface area contributed by atoms with Crippen LogP contribution in [0.15, 0.2) is 0 Å². The number of nitrogens with one attached hydrogen (secondary N) is 3. The van der Waals surface area contributed by atoms with Gasteiger partial charge in [0.2, 0.25) is 5.91 Å². The molecule has 0 aromatic heterocycles. The number of hydrogen-bond donors (Lipinski definition) is 4. The monoisotopic (exact) mass is 297 g/mol. The van der Waals surface area contributed by atoms with E-state index in [1.54, 1.807) is 0 Å². The number of thiocarbonyl (C=S) groups is 1. The summed E-state index contributed by atoms with van der Waals surface area (Å²) in [7, 11) is 0. The molecule has 4 N–H and O–H groups in total. The van der Waals surface area contributed by atoms with E-state index in [4.69, 9.17) is 17.3 Å². The Morgan fingerprint density at radius 2 is 1.70 bits per heavy atom. The van der Waals surface area contributed by atoms with E-state index in [9.17, 15) is 4.79 Å². The molecule has 4 bridgehead atoms. The summed E-state index contributed by atoms with van der Waals surface area (Å²) in [4.78, 5) is 12.6. The van der Waals surface area contributed by atoms with Crippen LogP contribution in [-0.4, -0.2) is 29.3 Å². The lowest BCUT2D eigenvalue weighted by Crippen LogP contribution is -2.57. The summed E-state index contributed by atoms with van der Waals surface area (Å²) in [6, 6.07) is 0. The van der Waals surface area contributed by atoms with Crippen LogP contribution in [0.4, 0.5) is 0 Å². The third-order valence-corrected chi connectivity index (χ3v) is 5.39. The average Bonchev–Trinajstić information content (AvgIpc) is 2.37. The Labute approximate surface area is 124 Å². The Balaban J connectivity index is 1.58. The second kappa shape index (κ2) is 5.58. The smallest absolute Gasteiger partial charge is 0.232 e. The highest BCUT2D eigenvalue weighted by atomic mass is 32.1. The molecule has 0 radical (unpaired) electrons. The van der Waals surface area contributed by atoms with E-state index in [0.29, 0.717) is 11.7 Å². The Morgan fingerprint density at radius 3 is 2.20 bits per heavy atom. The zero-order valence-electron chi connectivity index (χ0n) is 11.7. The third-order valence-electron chi connectivity index (χ3n) is 5.19. The van der Waals surface area contributed by atoms with E-state index < -0.39 is 0 Å². The SMILES string of the molecule is O=C(NC(=S)NNCCO)C12CC3CC(CC(C3)C1)C2. The number of aliphatic hydroxyl groups is 1. The summed E-state index contributed by atoms with van der Waals surface area (Å²) < 4.78 is 0. The molecule has 0 aromatic carbocycles. The molecule has 0 heterocycles. The van der Waals surface area contributed by atoms with E-state index in [1.165, 1.54) is 19.3 Å². The maximum atomic E-state index is 12.6. The summed E-state index contributed by atoms with van der Waals surface area (Å²) in [5.74, 6) is 2.35. The zero-order chi connectivity index (χ0) is 14.2. The molecule has 0 aliphatic heterocycles. The van der Waals surface area contributed by atoms with Crippen molar-refractivity contribution >= 4 is 23.2 Å². The lowest BCUT2D eigenvalue weighted by Gasteiger charge is -2.55. The summed E-state index contributed by atoms with van der Waals surface area (Å²) in [5, 5.41) is 11.8. The number of hydrazine groups is 1. The normalized spacial score (nSPS) is 37.8. The second-order valence-corrected chi connectivity index (χ2v) is 7.16. The zero-order valence-corrected chi connectivity index (χ0v) is 12.5. The fraction of sp³-hybridized carbons (Fsp3) is 0.857.